The van der Waals surface area contributed by atoms with Crippen molar-refractivity contribution >= 4 is 17.6 Å². The van der Waals surface area contributed by atoms with Gasteiger partial charge in [-0.1, -0.05) is 66.7 Å². The van der Waals surface area contributed by atoms with Crippen molar-refractivity contribution in [2.45, 2.75) is 32.4 Å². The average molecular weight is 491 g/mol. The van der Waals surface area contributed by atoms with E-state index in [1.54, 1.807) is 12.1 Å². The summed E-state index contributed by atoms with van der Waals surface area (Å²) in [5.41, 5.74) is 7.11. The third-order valence-electron chi connectivity index (χ3n) is 6.97. The summed E-state index contributed by atoms with van der Waals surface area (Å²) in [6.07, 6.45) is 1.95. The normalized spacial score (nSPS) is 13.5. The highest BCUT2D eigenvalue weighted by Crippen LogP contribution is 2.31. The zero-order valence-electron chi connectivity index (χ0n) is 20.9. The maximum Gasteiger partial charge on any atom is 0.336 e. The fraction of sp³-hybridized carbons (Fsp3) is 0.188. The zero-order chi connectivity index (χ0) is 25.8. The number of amides is 1. The Bertz CT molecular complexity index is 1430. The highest BCUT2D eigenvalue weighted by molar-refractivity contribution is 5.96. The van der Waals surface area contributed by atoms with Crippen molar-refractivity contribution < 1.29 is 14.7 Å². The molecule has 0 radical (unpaired) electrons. The second-order valence-electron chi connectivity index (χ2n) is 9.53. The maximum absolute atomic E-state index is 13.0. The number of carbonyl (C=O) groups is 2. The molecule has 4 aromatic rings. The van der Waals surface area contributed by atoms with E-state index in [2.05, 4.69) is 28.4 Å². The van der Waals surface area contributed by atoms with Crippen LogP contribution in [0, 0.1) is 0 Å². The summed E-state index contributed by atoms with van der Waals surface area (Å²) >= 11 is 0. The number of carboxylic acid groups (broad SMARTS) is 1. The van der Waals surface area contributed by atoms with Crippen molar-refractivity contribution in [2.75, 3.05) is 11.4 Å². The van der Waals surface area contributed by atoms with Crippen LogP contribution in [0.15, 0.2) is 97.1 Å². The quantitative estimate of drug-likeness (QED) is 0.310. The Morgan fingerprint density at radius 2 is 1.70 bits per heavy atom. The number of aromatic carboxylic acids is 1. The first-order valence-electron chi connectivity index (χ1n) is 12.6. The van der Waals surface area contributed by atoms with Gasteiger partial charge in [-0.25, -0.2) is 4.79 Å². The Morgan fingerprint density at radius 3 is 2.51 bits per heavy atom. The molecule has 1 aliphatic rings. The van der Waals surface area contributed by atoms with Crippen molar-refractivity contribution in [3.63, 3.8) is 0 Å². The van der Waals surface area contributed by atoms with Crippen LogP contribution < -0.4 is 10.2 Å². The van der Waals surface area contributed by atoms with Crippen molar-refractivity contribution in [1.29, 1.82) is 0 Å². The van der Waals surface area contributed by atoms with E-state index >= 15 is 0 Å². The Hall–Kier alpha value is -4.38. The Labute approximate surface area is 217 Å². The summed E-state index contributed by atoms with van der Waals surface area (Å²) in [6.45, 7) is 3.64. The molecule has 1 amide bonds. The van der Waals surface area contributed by atoms with Crippen LogP contribution in [0.3, 0.4) is 0 Å². The van der Waals surface area contributed by atoms with Gasteiger partial charge >= 0.3 is 5.97 Å². The number of carboxylic acids is 1. The van der Waals surface area contributed by atoms with Crippen LogP contribution in [0.5, 0.6) is 0 Å². The first-order valence-corrected chi connectivity index (χ1v) is 12.6. The van der Waals surface area contributed by atoms with E-state index in [9.17, 15) is 14.7 Å². The predicted molar refractivity (Wildman–Crippen MR) is 147 cm³/mol. The van der Waals surface area contributed by atoms with Crippen LogP contribution in [0.4, 0.5) is 5.69 Å². The first-order chi connectivity index (χ1) is 18.0. The molecule has 37 heavy (non-hydrogen) atoms. The minimum atomic E-state index is -0.927. The van der Waals surface area contributed by atoms with Gasteiger partial charge in [-0.15, -0.1) is 0 Å². The van der Waals surface area contributed by atoms with Crippen molar-refractivity contribution in [3.05, 3.63) is 125 Å². The number of fused-ring (bicyclic) bond motifs is 1. The molecule has 1 aliphatic heterocycles. The fourth-order valence-electron chi connectivity index (χ4n) is 5.06. The van der Waals surface area contributed by atoms with E-state index in [0.29, 0.717) is 17.7 Å². The second-order valence-corrected chi connectivity index (χ2v) is 9.53. The highest BCUT2D eigenvalue weighted by atomic mass is 16.4. The van der Waals surface area contributed by atoms with E-state index in [-0.39, 0.29) is 11.9 Å². The summed E-state index contributed by atoms with van der Waals surface area (Å²) in [5.74, 6) is -0.995. The number of nitrogens with zero attached hydrogens (tertiary/aromatic N) is 1. The van der Waals surface area contributed by atoms with Crippen LogP contribution in [0.1, 0.15) is 56.8 Å². The smallest absolute Gasteiger partial charge is 0.336 e. The molecule has 0 saturated heterocycles. The number of hydrogen-bond donors (Lipinski definition) is 2. The largest absolute Gasteiger partial charge is 0.478 e. The lowest BCUT2D eigenvalue weighted by Gasteiger charge is -2.32. The number of anilines is 1. The molecule has 0 bridgehead atoms. The summed E-state index contributed by atoms with van der Waals surface area (Å²) in [5, 5.41) is 12.7. The molecule has 1 unspecified atom stereocenters. The average Bonchev–Trinajstić information content (AvgIpc) is 2.93. The van der Waals surface area contributed by atoms with Crippen molar-refractivity contribution in [3.8, 4) is 11.1 Å². The van der Waals surface area contributed by atoms with Gasteiger partial charge in [0.15, 0.2) is 0 Å². The van der Waals surface area contributed by atoms with Gasteiger partial charge in [-0.3, -0.25) is 4.79 Å². The second kappa shape index (κ2) is 10.7. The molecule has 1 atom stereocenters. The van der Waals surface area contributed by atoms with Crippen LogP contribution in [0.25, 0.3) is 11.1 Å². The van der Waals surface area contributed by atoms with E-state index in [1.807, 2.05) is 73.7 Å². The monoisotopic (exact) mass is 490 g/mol. The Morgan fingerprint density at radius 1 is 0.919 bits per heavy atom. The van der Waals surface area contributed by atoms with Gasteiger partial charge in [-0.05, 0) is 77.9 Å². The Kier molecular flexibility index (Phi) is 7.04. The molecule has 5 rings (SSSR count). The van der Waals surface area contributed by atoms with E-state index < -0.39 is 5.97 Å². The van der Waals surface area contributed by atoms with E-state index in [0.717, 1.165) is 47.3 Å². The third-order valence-corrected chi connectivity index (χ3v) is 6.97. The van der Waals surface area contributed by atoms with Gasteiger partial charge < -0.3 is 15.3 Å². The molecule has 0 saturated carbocycles. The van der Waals surface area contributed by atoms with Crippen LogP contribution in [0.2, 0.25) is 0 Å². The van der Waals surface area contributed by atoms with Gasteiger partial charge in [0, 0.05) is 24.3 Å². The van der Waals surface area contributed by atoms with Gasteiger partial charge in [0.05, 0.1) is 11.6 Å². The lowest BCUT2D eigenvalue weighted by Crippen LogP contribution is -2.30. The molecule has 0 fully saturated rings. The molecule has 1 heterocycles. The fourth-order valence-corrected chi connectivity index (χ4v) is 5.06. The molecule has 4 aromatic carbocycles. The molecule has 2 N–H and O–H groups in total. The predicted octanol–water partition coefficient (Wildman–Crippen LogP) is 6.50. The lowest BCUT2D eigenvalue weighted by molar-refractivity contribution is 0.0697. The lowest BCUT2D eigenvalue weighted by atomic mass is 9.96. The van der Waals surface area contributed by atoms with E-state index in [1.165, 1.54) is 5.56 Å². The highest BCUT2D eigenvalue weighted by Gasteiger charge is 2.20. The molecular formula is C32H30N2O3. The van der Waals surface area contributed by atoms with Gasteiger partial charge in [0.25, 0.3) is 5.91 Å². The van der Waals surface area contributed by atoms with Gasteiger partial charge in [-0.2, -0.15) is 0 Å². The minimum absolute atomic E-state index is 0.0685. The molecule has 5 nitrogen and oxygen atoms in total. The molecule has 0 aromatic heterocycles. The Balaban J connectivity index is 1.34. The van der Waals surface area contributed by atoms with E-state index in [4.69, 9.17) is 0 Å². The number of hydrogen-bond acceptors (Lipinski definition) is 3. The third kappa shape index (κ3) is 5.41. The molecule has 5 heteroatoms. The summed E-state index contributed by atoms with van der Waals surface area (Å²) < 4.78 is 0. The molecule has 0 spiro atoms. The summed E-state index contributed by atoms with van der Waals surface area (Å²) in [6, 6.07) is 31.1. The van der Waals surface area contributed by atoms with Crippen molar-refractivity contribution in [1.82, 2.24) is 5.32 Å². The van der Waals surface area contributed by atoms with Crippen LogP contribution in [-0.2, 0) is 13.0 Å². The number of benzene rings is 4. The molecular weight excluding hydrogens is 460 g/mol. The number of rotatable bonds is 7. The maximum atomic E-state index is 13.0. The molecule has 186 valence electrons. The minimum Gasteiger partial charge on any atom is -0.478 e. The van der Waals surface area contributed by atoms with Gasteiger partial charge in [0.1, 0.15) is 0 Å². The number of aryl methyl sites for hydroxylation is 1. The zero-order valence-corrected chi connectivity index (χ0v) is 20.9. The first kappa shape index (κ1) is 24.3. The van der Waals surface area contributed by atoms with Crippen LogP contribution in [-0.4, -0.2) is 23.5 Å². The number of nitrogens with one attached hydrogen (secondary N) is 1. The standard InChI is InChI=1S/C32H30N2O3/c1-22(24-10-3-2-4-11-24)33-31(35)27-16-17-30-26(20-27)13-8-18-34(30)21-23-9-7-12-25(19-23)28-14-5-6-15-29(28)32(36)37/h2-7,9-12,14-17,19-20,22H,8,13,18,21H2,1H3,(H,33,35)(H,36,37). The summed E-state index contributed by atoms with van der Waals surface area (Å²) in [7, 11) is 0. The van der Waals surface area contributed by atoms with Crippen LogP contribution >= 0.6 is 0 Å². The SMILES string of the molecule is CC(NC(=O)c1ccc2c(c1)CCCN2Cc1cccc(-c2ccccc2C(=O)O)c1)c1ccccc1. The molecule has 0 aliphatic carbocycles. The number of carbonyl (C=O) groups excluding carboxylic acids is 1. The van der Waals surface area contributed by atoms with Crippen molar-refractivity contribution in [2.24, 2.45) is 0 Å². The summed E-state index contributed by atoms with van der Waals surface area (Å²) in [4.78, 5) is 27.0. The van der Waals surface area contributed by atoms with Gasteiger partial charge in [0.2, 0.25) is 0 Å². The topological polar surface area (TPSA) is 69.6 Å².